The quantitative estimate of drug-likeness (QED) is 0.637. The van der Waals surface area contributed by atoms with Crippen LogP contribution in [0.15, 0.2) is 30.5 Å². The smallest absolute Gasteiger partial charge is 0.321 e. The molecular weight excluding hydrogens is 452 g/mol. The Morgan fingerprint density at radius 2 is 2.17 bits per heavy atom. The number of rotatable bonds is 6. The van der Waals surface area contributed by atoms with Crippen molar-refractivity contribution in [1.29, 1.82) is 0 Å². The van der Waals surface area contributed by atoms with Gasteiger partial charge in [0, 0.05) is 39.0 Å². The fourth-order valence-electron chi connectivity index (χ4n) is 4.00. The van der Waals surface area contributed by atoms with E-state index in [9.17, 15) is 14.7 Å². The molecule has 1 aliphatic heterocycles. The van der Waals surface area contributed by atoms with Crippen molar-refractivity contribution in [2.24, 2.45) is 5.92 Å². The van der Waals surface area contributed by atoms with Gasteiger partial charge in [-0.2, -0.15) is 0 Å². The normalized spacial score (nSPS) is 20.3. The van der Waals surface area contributed by atoms with Crippen LogP contribution in [-0.4, -0.2) is 87.8 Å². The van der Waals surface area contributed by atoms with Crippen LogP contribution in [0.1, 0.15) is 32.4 Å². The van der Waals surface area contributed by atoms with Gasteiger partial charge in [0.25, 0.3) is 0 Å². The third kappa shape index (κ3) is 7.15. The number of urea groups is 1. The second kappa shape index (κ2) is 12.5. The molecule has 2 heterocycles. The molecule has 35 heavy (non-hydrogen) atoms. The number of fused-ring (bicyclic) bond motifs is 2. The van der Waals surface area contributed by atoms with Crippen LogP contribution >= 0.6 is 0 Å². The summed E-state index contributed by atoms with van der Waals surface area (Å²) in [5.41, 5.74) is 1.26. The van der Waals surface area contributed by atoms with Gasteiger partial charge < -0.3 is 29.7 Å². The average Bonchev–Trinajstić information content (AvgIpc) is 3.31. The molecule has 0 unspecified atom stereocenters. The molecule has 3 atom stereocenters. The summed E-state index contributed by atoms with van der Waals surface area (Å²) in [7, 11) is 3.24. The molecule has 2 aromatic rings. The summed E-state index contributed by atoms with van der Waals surface area (Å²) in [6.07, 6.45) is 2.39. The Bertz CT molecular complexity index is 983. The summed E-state index contributed by atoms with van der Waals surface area (Å²) in [5.74, 6) is 0.417. The van der Waals surface area contributed by atoms with E-state index in [4.69, 9.17) is 9.47 Å². The molecule has 192 valence electrons. The first-order valence-corrected chi connectivity index (χ1v) is 11.9. The zero-order valence-electron chi connectivity index (χ0n) is 20.9. The van der Waals surface area contributed by atoms with Gasteiger partial charge in [-0.3, -0.25) is 9.48 Å². The number of methoxy groups -OCH3 is 1. The molecule has 11 heteroatoms. The van der Waals surface area contributed by atoms with E-state index in [2.05, 4.69) is 15.6 Å². The molecule has 0 spiro atoms. The maximum atomic E-state index is 13.0. The lowest BCUT2D eigenvalue weighted by atomic mass is 10.0. The van der Waals surface area contributed by atoms with Crippen molar-refractivity contribution in [3.8, 4) is 5.75 Å². The highest BCUT2D eigenvalue weighted by molar-refractivity contribution is 5.90. The Morgan fingerprint density at radius 1 is 1.40 bits per heavy atom. The van der Waals surface area contributed by atoms with Gasteiger partial charge in [-0.05, 0) is 25.5 Å². The van der Waals surface area contributed by atoms with Crippen LogP contribution < -0.4 is 10.1 Å². The number of aliphatic hydroxyl groups is 1. The number of aryl methyl sites for hydroxylation is 1. The van der Waals surface area contributed by atoms with E-state index in [0.717, 1.165) is 0 Å². The predicted molar refractivity (Wildman–Crippen MR) is 130 cm³/mol. The summed E-state index contributed by atoms with van der Waals surface area (Å²) < 4.78 is 13.2. The Balaban J connectivity index is 1.76. The molecule has 3 rings (SSSR count). The van der Waals surface area contributed by atoms with Crippen LogP contribution in [0.5, 0.6) is 5.75 Å². The van der Waals surface area contributed by atoms with Gasteiger partial charge >= 0.3 is 6.03 Å². The van der Waals surface area contributed by atoms with E-state index in [1.807, 2.05) is 32.2 Å². The maximum Gasteiger partial charge on any atom is 0.321 e. The van der Waals surface area contributed by atoms with Crippen molar-refractivity contribution in [1.82, 2.24) is 24.8 Å². The Labute approximate surface area is 206 Å². The third-order valence-electron chi connectivity index (χ3n) is 6.19. The number of likely N-dealkylation sites (N-methyl/N-ethyl adjacent to an activating group) is 1. The molecule has 0 fully saturated rings. The number of anilines is 1. The van der Waals surface area contributed by atoms with E-state index < -0.39 is 6.10 Å². The number of aliphatic hydroxyl groups excluding tert-OH is 1. The lowest BCUT2D eigenvalue weighted by Crippen LogP contribution is -2.48. The SMILES string of the molecule is COc1ccccc1NC(=O)N(C)C[C@@H]1OCc2cn(nn2)CCCC(=O)N([C@H](C)CO)C[C@H]1C. The number of carbonyl (C=O) groups is 2. The number of hydrogen-bond donors (Lipinski definition) is 2. The number of benzene rings is 1. The molecule has 1 aromatic heterocycles. The van der Waals surface area contributed by atoms with E-state index >= 15 is 0 Å². The number of carbonyl (C=O) groups excluding carboxylic acids is 2. The Hall–Kier alpha value is -3.18. The summed E-state index contributed by atoms with van der Waals surface area (Å²) in [4.78, 5) is 29.2. The van der Waals surface area contributed by atoms with E-state index in [0.29, 0.717) is 43.1 Å². The van der Waals surface area contributed by atoms with Crippen LogP contribution in [0.4, 0.5) is 10.5 Å². The van der Waals surface area contributed by atoms with Crippen LogP contribution in [-0.2, 0) is 22.7 Å². The molecule has 1 aromatic carbocycles. The van der Waals surface area contributed by atoms with Gasteiger partial charge in [0.2, 0.25) is 5.91 Å². The molecule has 0 radical (unpaired) electrons. The molecule has 1 aliphatic rings. The zero-order chi connectivity index (χ0) is 25.4. The van der Waals surface area contributed by atoms with E-state index in [-0.39, 0.29) is 43.7 Å². The van der Waals surface area contributed by atoms with Gasteiger partial charge in [-0.1, -0.05) is 24.3 Å². The topological polar surface area (TPSA) is 122 Å². The number of ether oxygens (including phenoxy) is 2. The first-order valence-electron chi connectivity index (χ1n) is 11.9. The second-order valence-electron chi connectivity index (χ2n) is 8.99. The van der Waals surface area contributed by atoms with Crippen molar-refractivity contribution < 1.29 is 24.2 Å². The van der Waals surface area contributed by atoms with E-state index in [1.165, 1.54) is 0 Å². The first kappa shape index (κ1) is 26.4. The minimum absolute atomic E-state index is 0.0287. The van der Waals surface area contributed by atoms with Crippen molar-refractivity contribution in [2.45, 2.75) is 52.0 Å². The Morgan fingerprint density at radius 3 is 2.91 bits per heavy atom. The summed E-state index contributed by atoms with van der Waals surface area (Å²) in [6.45, 7) is 5.18. The van der Waals surface area contributed by atoms with Gasteiger partial charge in [0.05, 0.1) is 44.4 Å². The van der Waals surface area contributed by atoms with Crippen LogP contribution in [0.3, 0.4) is 0 Å². The summed E-state index contributed by atoms with van der Waals surface area (Å²) in [6, 6.07) is 6.57. The van der Waals surface area contributed by atoms with Crippen molar-refractivity contribution in [3.05, 3.63) is 36.2 Å². The molecule has 3 amide bonds. The fraction of sp³-hybridized carbons (Fsp3) is 0.583. The number of aromatic nitrogens is 3. The lowest BCUT2D eigenvalue weighted by Gasteiger charge is -2.35. The number of hydrogen-bond acceptors (Lipinski definition) is 7. The van der Waals surface area contributed by atoms with Crippen molar-refractivity contribution in [2.75, 3.05) is 39.2 Å². The zero-order valence-corrected chi connectivity index (χ0v) is 20.9. The Kier molecular flexibility index (Phi) is 9.44. The van der Waals surface area contributed by atoms with Crippen LogP contribution in [0, 0.1) is 5.92 Å². The summed E-state index contributed by atoms with van der Waals surface area (Å²) >= 11 is 0. The molecule has 2 N–H and O–H groups in total. The number of nitrogens with zero attached hydrogens (tertiary/aromatic N) is 5. The highest BCUT2D eigenvalue weighted by Gasteiger charge is 2.29. The minimum atomic E-state index is -0.393. The first-order chi connectivity index (χ1) is 16.8. The maximum absolute atomic E-state index is 13.0. The lowest BCUT2D eigenvalue weighted by molar-refractivity contribution is -0.136. The van der Waals surface area contributed by atoms with Crippen molar-refractivity contribution in [3.63, 3.8) is 0 Å². The molecule has 2 bridgehead atoms. The van der Waals surface area contributed by atoms with E-state index in [1.54, 1.807) is 40.8 Å². The molecule has 0 aliphatic carbocycles. The molecule has 11 nitrogen and oxygen atoms in total. The highest BCUT2D eigenvalue weighted by atomic mass is 16.5. The average molecular weight is 489 g/mol. The van der Waals surface area contributed by atoms with Crippen LogP contribution in [0.2, 0.25) is 0 Å². The van der Waals surface area contributed by atoms with Gasteiger partial charge in [0.15, 0.2) is 0 Å². The summed E-state index contributed by atoms with van der Waals surface area (Å²) in [5, 5.41) is 20.9. The van der Waals surface area contributed by atoms with Crippen LogP contribution in [0.25, 0.3) is 0 Å². The largest absolute Gasteiger partial charge is 0.495 e. The number of para-hydroxylation sites is 2. The van der Waals surface area contributed by atoms with Gasteiger partial charge in [-0.25, -0.2) is 4.79 Å². The minimum Gasteiger partial charge on any atom is -0.495 e. The molecular formula is C24H36N6O5. The van der Waals surface area contributed by atoms with Gasteiger partial charge in [0.1, 0.15) is 11.4 Å². The fourth-order valence-corrected chi connectivity index (χ4v) is 4.00. The second-order valence-corrected chi connectivity index (χ2v) is 8.99. The monoisotopic (exact) mass is 488 g/mol. The molecule has 0 saturated heterocycles. The predicted octanol–water partition coefficient (Wildman–Crippen LogP) is 1.98. The third-order valence-corrected chi connectivity index (χ3v) is 6.19. The standard InChI is InChI=1S/C24H36N6O5/c1-17-12-30(18(2)15-31)23(32)10-7-11-29-13-19(26-27-29)16-35-22(17)14-28(3)24(33)25-20-8-5-6-9-21(20)34-4/h5-6,8-9,13,17-18,22,31H,7,10-12,14-16H2,1-4H3,(H,25,33)/t17-,18-,22+/m1/s1. The molecule has 0 saturated carbocycles. The number of amides is 3. The highest BCUT2D eigenvalue weighted by Crippen LogP contribution is 2.24. The van der Waals surface area contributed by atoms with Crippen molar-refractivity contribution >= 4 is 17.6 Å². The van der Waals surface area contributed by atoms with Gasteiger partial charge in [-0.15, -0.1) is 5.10 Å². The number of nitrogens with one attached hydrogen (secondary N) is 1.